The molecule has 0 atom stereocenters. The second-order valence-corrected chi connectivity index (χ2v) is 10.1. The van der Waals surface area contributed by atoms with Crippen LogP contribution in [0.2, 0.25) is 0 Å². The molecule has 41 heavy (non-hydrogen) atoms. The summed E-state index contributed by atoms with van der Waals surface area (Å²) in [7, 11) is 0. The first-order valence-electron chi connectivity index (χ1n) is 14.6. The highest BCUT2D eigenvalue weighted by atomic mass is 16.6. The number of nitrogens with one attached hydrogen (secondary N) is 1. The number of carbonyl (C=O) groups is 3. The van der Waals surface area contributed by atoms with E-state index in [2.05, 4.69) is 20.0 Å². The van der Waals surface area contributed by atoms with Crippen molar-refractivity contribution in [3.63, 3.8) is 0 Å². The molecule has 2 aliphatic heterocycles. The lowest BCUT2D eigenvalue weighted by Crippen LogP contribution is -2.47. The number of nitrogens with zero attached hydrogens (tertiary/aromatic N) is 3. The van der Waals surface area contributed by atoms with E-state index in [9.17, 15) is 14.4 Å². The van der Waals surface area contributed by atoms with E-state index in [1.165, 1.54) is 0 Å². The van der Waals surface area contributed by atoms with Crippen LogP contribution in [0.15, 0.2) is 48.5 Å². The van der Waals surface area contributed by atoms with E-state index in [1.807, 2.05) is 48.5 Å². The predicted octanol–water partition coefficient (Wildman–Crippen LogP) is 2.35. The number of esters is 2. The van der Waals surface area contributed by atoms with Crippen molar-refractivity contribution in [2.45, 2.75) is 19.8 Å². The van der Waals surface area contributed by atoms with Gasteiger partial charge in [0, 0.05) is 87.8 Å². The van der Waals surface area contributed by atoms with Crippen LogP contribution < -0.4 is 15.1 Å². The molecule has 0 radical (unpaired) electrons. The molecule has 4 rings (SSSR count). The zero-order chi connectivity index (χ0) is 28.9. The number of ether oxygens (including phenoxy) is 3. The molecule has 0 unspecified atom stereocenters. The monoisotopic (exact) mass is 566 g/mol. The van der Waals surface area contributed by atoms with Gasteiger partial charge in [0.05, 0.1) is 19.6 Å². The van der Waals surface area contributed by atoms with Crippen LogP contribution in [0.3, 0.4) is 0 Å². The summed E-state index contributed by atoms with van der Waals surface area (Å²) in [5, 5.41) is 3.36. The standard InChI is InChI=1S/C31H42N4O6/c1-2-29(36)40-23-21-39-22-24-41-30(37)11-14-33-17-19-35(20-18-33)28-9-5-26(6-10-28)31(38)25-3-7-27(8-4-25)34-15-12-32-13-16-34/h3-10,32H,2,11-24H2,1H3. The Morgan fingerprint density at radius 3 is 1.73 bits per heavy atom. The van der Waals surface area contributed by atoms with Crippen molar-refractivity contribution in [2.24, 2.45) is 0 Å². The van der Waals surface area contributed by atoms with E-state index in [0.717, 1.165) is 63.7 Å². The molecule has 10 heteroatoms. The van der Waals surface area contributed by atoms with Gasteiger partial charge in [-0.25, -0.2) is 0 Å². The number of piperazine rings is 2. The van der Waals surface area contributed by atoms with Crippen LogP contribution >= 0.6 is 0 Å². The maximum Gasteiger partial charge on any atom is 0.307 e. The molecule has 2 aliphatic rings. The molecule has 0 saturated carbocycles. The maximum atomic E-state index is 13.0. The molecule has 1 N–H and O–H groups in total. The van der Waals surface area contributed by atoms with Crippen LogP contribution in [0.1, 0.15) is 35.7 Å². The minimum atomic E-state index is -0.256. The third-order valence-electron chi connectivity index (χ3n) is 7.38. The topological polar surface area (TPSA) is 101 Å². The minimum absolute atomic E-state index is 0.0316. The molecule has 0 aliphatic carbocycles. The first-order chi connectivity index (χ1) is 20.0. The first kappa shape index (κ1) is 30.5. The second-order valence-electron chi connectivity index (χ2n) is 10.1. The quantitative estimate of drug-likeness (QED) is 0.208. The highest BCUT2D eigenvalue weighted by Crippen LogP contribution is 2.21. The highest BCUT2D eigenvalue weighted by Gasteiger charge is 2.19. The Morgan fingerprint density at radius 2 is 1.20 bits per heavy atom. The smallest absolute Gasteiger partial charge is 0.307 e. The molecule has 222 valence electrons. The van der Waals surface area contributed by atoms with Gasteiger partial charge in [-0.2, -0.15) is 0 Å². The molecule has 2 fully saturated rings. The molecule has 0 bridgehead atoms. The van der Waals surface area contributed by atoms with E-state index in [4.69, 9.17) is 14.2 Å². The molecule has 0 amide bonds. The van der Waals surface area contributed by atoms with Gasteiger partial charge in [-0.15, -0.1) is 0 Å². The van der Waals surface area contributed by atoms with Crippen molar-refractivity contribution in [3.05, 3.63) is 59.7 Å². The summed E-state index contributed by atoms with van der Waals surface area (Å²) < 4.78 is 15.4. The second kappa shape index (κ2) is 16.1. The number of carbonyl (C=O) groups excluding carboxylic acids is 3. The molecular formula is C31H42N4O6. The Morgan fingerprint density at radius 1 is 0.683 bits per heavy atom. The number of hydrogen-bond donors (Lipinski definition) is 1. The summed E-state index contributed by atoms with van der Waals surface area (Å²) in [6.07, 6.45) is 0.677. The normalized spacial score (nSPS) is 15.9. The molecule has 10 nitrogen and oxygen atoms in total. The Balaban J connectivity index is 1.12. The van der Waals surface area contributed by atoms with Gasteiger partial charge in [0.2, 0.25) is 0 Å². The van der Waals surface area contributed by atoms with Gasteiger partial charge in [-0.1, -0.05) is 6.92 Å². The summed E-state index contributed by atoms with van der Waals surface area (Å²) in [5.74, 6) is -0.467. The van der Waals surface area contributed by atoms with Gasteiger partial charge < -0.3 is 29.3 Å². The zero-order valence-corrected chi connectivity index (χ0v) is 24.0. The number of rotatable bonds is 14. The predicted molar refractivity (Wildman–Crippen MR) is 158 cm³/mol. The zero-order valence-electron chi connectivity index (χ0n) is 24.0. The molecule has 2 aromatic carbocycles. The number of hydrogen-bond acceptors (Lipinski definition) is 10. The van der Waals surface area contributed by atoms with Gasteiger partial charge in [0.1, 0.15) is 13.2 Å². The fraction of sp³-hybridized carbons (Fsp3) is 0.516. The Bertz CT molecular complexity index is 1110. The van der Waals surface area contributed by atoms with E-state index in [1.54, 1.807) is 6.92 Å². The average molecular weight is 567 g/mol. The summed E-state index contributed by atoms with van der Waals surface area (Å²) in [6, 6.07) is 15.8. The van der Waals surface area contributed by atoms with E-state index < -0.39 is 0 Å². The van der Waals surface area contributed by atoms with Gasteiger partial charge in [-0.3, -0.25) is 19.3 Å². The Labute approximate surface area is 242 Å². The number of ketones is 1. The summed E-state index contributed by atoms with van der Waals surface area (Å²) in [5.41, 5.74) is 3.64. The van der Waals surface area contributed by atoms with Crippen LogP contribution in [0.4, 0.5) is 11.4 Å². The van der Waals surface area contributed by atoms with Crippen LogP contribution in [0.5, 0.6) is 0 Å². The van der Waals surface area contributed by atoms with Crippen LogP contribution in [-0.2, 0) is 23.8 Å². The number of benzene rings is 2. The molecule has 2 saturated heterocycles. The van der Waals surface area contributed by atoms with Crippen LogP contribution in [0, 0.1) is 0 Å². The van der Waals surface area contributed by atoms with Crippen molar-refractivity contribution in [1.29, 1.82) is 0 Å². The van der Waals surface area contributed by atoms with E-state index >= 15 is 0 Å². The molecule has 2 heterocycles. The fourth-order valence-electron chi connectivity index (χ4n) is 4.92. The SMILES string of the molecule is CCC(=O)OCCOCCOC(=O)CCN1CCN(c2ccc(C(=O)c3ccc(N4CCNCC4)cc3)cc2)CC1. The third-order valence-corrected chi connectivity index (χ3v) is 7.38. The average Bonchev–Trinajstić information content (AvgIpc) is 3.03. The van der Waals surface area contributed by atoms with Crippen molar-refractivity contribution in [1.82, 2.24) is 10.2 Å². The summed E-state index contributed by atoms with van der Waals surface area (Å²) in [6.45, 7) is 10.7. The van der Waals surface area contributed by atoms with Gasteiger partial charge in [0.15, 0.2) is 5.78 Å². The van der Waals surface area contributed by atoms with Crippen molar-refractivity contribution >= 4 is 29.1 Å². The lowest BCUT2D eigenvalue weighted by atomic mass is 10.0. The molecular weight excluding hydrogens is 524 g/mol. The van der Waals surface area contributed by atoms with Crippen molar-refractivity contribution < 1.29 is 28.6 Å². The summed E-state index contributed by atoms with van der Waals surface area (Å²) >= 11 is 0. The first-order valence-corrected chi connectivity index (χ1v) is 14.6. The lowest BCUT2D eigenvalue weighted by Gasteiger charge is -2.36. The number of anilines is 2. The van der Waals surface area contributed by atoms with Crippen molar-refractivity contribution in [2.75, 3.05) is 95.1 Å². The van der Waals surface area contributed by atoms with Crippen LogP contribution in [0.25, 0.3) is 0 Å². The van der Waals surface area contributed by atoms with Crippen molar-refractivity contribution in [3.8, 4) is 0 Å². The molecule has 0 spiro atoms. The Kier molecular flexibility index (Phi) is 12.0. The van der Waals surface area contributed by atoms with Gasteiger partial charge in [0.25, 0.3) is 0 Å². The molecule has 2 aromatic rings. The van der Waals surface area contributed by atoms with E-state index in [0.29, 0.717) is 30.5 Å². The highest BCUT2D eigenvalue weighted by molar-refractivity contribution is 6.09. The van der Waals surface area contributed by atoms with Crippen LogP contribution in [-0.4, -0.2) is 108 Å². The fourth-order valence-corrected chi connectivity index (χ4v) is 4.92. The van der Waals surface area contributed by atoms with E-state index in [-0.39, 0.29) is 44.1 Å². The van der Waals surface area contributed by atoms with Gasteiger partial charge in [-0.05, 0) is 48.5 Å². The third kappa shape index (κ3) is 9.55. The largest absolute Gasteiger partial charge is 0.463 e. The minimum Gasteiger partial charge on any atom is -0.463 e. The lowest BCUT2D eigenvalue weighted by molar-refractivity contribution is -0.146. The summed E-state index contributed by atoms with van der Waals surface area (Å²) in [4.78, 5) is 43.0. The maximum absolute atomic E-state index is 13.0. The molecule has 0 aromatic heterocycles. The Hall–Kier alpha value is -3.47. The van der Waals surface area contributed by atoms with Gasteiger partial charge >= 0.3 is 11.9 Å².